The Morgan fingerprint density at radius 1 is 0.672 bits per heavy atom. The van der Waals surface area contributed by atoms with Crippen molar-refractivity contribution in [2.24, 2.45) is 0 Å². The number of ether oxygens (including phenoxy) is 8. The molecule has 0 amide bonds. The number of esters is 1. The van der Waals surface area contributed by atoms with Crippen LogP contribution in [0.25, 0.3) is 28.4 Å². The van der Waals surface area contributed by atoms with E-state index in [0.29, 0.717) is 5.56 Å². The maximum atomic E-state index is 14.5. The average molecular weight is 949 g/mol. The van der Waals surface area contributed by atoms with Crippen molar-refractivity contribution in [3.63, 3.8) is 0 Å². The number of fused-ring (bicyclic) bond motifs is 1. The fraction of sp³-hybridized carbons (Fsp3) is 0.442. The minimum atomic E-state index is -2.13. The Hall–Kier alpha value is -5.68. The number of phenolic OH excluding ortho intramolecular Hbond substituents is 3. The topological polar surface area (TPSA) is 384 Å². The molecule has 4 aromatic rings. The van der Waals surface area contributed by atoms with Gasteiger partial charge in [0.15, 0.2) is 29.7 Å². The minimum Gasteiger partial charge on any atom is -0.508 e. The van der Waals surface area contributed by atoms with E-state index in [1.807, 2.05) is 0 Å². The monoisotopic (exact) mass is 948 g/mol. The Balaban J connectivity index is 1.24. The lowest BCUT2D eigenvalue weighted by Crippen LogP contribution is -2.65. The van der Waals surface area contributed by atoms with Gasteiger partial charge in [0.05, 0.1) is 20.3 Å². The summed E-state index contributed by atoms with van der Waals surface area (Å²) in [5, 5.41) is 136. The molecule has 364 valence electrons. The second kappa shape index (κ2) is 20.7. The molecule has 0 aliphatic carbocycles. The molecular weight excluding hydrogens is 900 g/mol. The summed E-state index contributed by atoms with van der Waals surface area (Å²) in [6.45, 7) is -2.45. The van der Waals surface area contributed by atoms with Gasteiger partial charge in [-0.05, 0) is 48.0 Å². The van der Waals surface area contributed by atoms with Gasteiger partial charge in [-0.25, -0.2) is 4.79 Å². The number of benzene rings is 3. The van der Waals surface area contributed by atoms with Crippen molar-refractivity contribution in [3.8, 4) is 45.8 Å². The summed E-state index contributed by atoms with van der Waals surface area (Å²) in [5.74, 6) is -3.62. The molecule has 15 unspecified atom stereocenters. The summed E-state index contributed by atoms with van der Waals surface area (Å²) in [6, 6.07) is 11.2. The highest BCUT2D eigenvalue weighted by Gasteiger charge is 2.52. The number of hydrogen-bond acceptors (Lipinski definition) is 24. The lowest BCUT2D eigenvalue weighted by molar-refractivity contribution is -0.358. The fourth-order valence-electron chi connectivity index (χ4n) is 7.44. The van der Waals surface area contributed by atoms with E-state index < -0.39 is 152 Å². The second-order valence-corrected chi connectivity index (χ2v) is 15.6. The van der Waals surface area contributed by atoms with Crippen LogP contribution in [-0.4, -0.2) is 191 Å². The molecule has 0 radical (unpaired) electrons. The van der Waals surface area contributed by atoms with Crippen LogP contribution in [0.15, 0.2) is 69.9 Å². The number of carbonyl (C=O) groups excluding carboxylic acids is 1. The van der Waals surface area contributed by atoms with E-state index in [1.54, 1.807) is 0 Å². The smallest absolute Gasteiger partial charge is 0.330 e. The maximum absolute atomic E-state index is 14.5. The van der Waals surface area contributed by atoms with E-state index in [1.165, 1.54) is 55.7 Å². The van der Waals surface area contributed by atoms with Crippen LogP contribution in [0.5, 0.6) is 34.5 Å². The van der Waals surface area contributed by atoms with Crippen LogP contribution in [0.3, 0.4) is 0 Å². The molecule has 24 heteroatoms. The number of hydrogen-bond donors (Lipinski definition) is 13. The lowest BCUT2D eigenvalue weighted by Gasteiger charge is -2.45. The van der Waals surface area contributed by atoms with Gasteiger partial charge in [-0.15, -0.1) is 0 Å². The molecule has 3 fully saturated rings. The van der Waals surface area contributed by atoms with Gasteiger partial charge in [-0.1, -0.05) is 6.07 Å². The quantitative estimate of drug-likeness (QED) is 0.0443. The molecule has 7 rings (SSSR count). The number of carbonyl (C=O) groups is 1. The van der Waals surface area contributed by atoms with Gasteiger partial charge >= 0.3 is 5.97 Å². The SMILES string of the molecule is COc1cc(C=CC(=O)OCC2OC(Oc3c(-c4ccc(O)cc4)oc4cc(OC5OC(CO)C(O)C(O)C5O)cc(O)c4c3=O)C(OC3OC(CO)C(O)C(O)C3O)C(O)C2O)ccc1O. The Morgan fingerprint density at radius 2 is 1.28 bits per heavy atom. The maximum Gasteiger partial charge on any atom is 0.330 e. The van der Waals surface area contributed by atoms with E-state index >= 15 is 0 Å². The van der Waals surface area contributed by atoms with E-state index in [4.69, 9.17) is 42.3 Å². The van der Waals surface area contributed by atoms with Crippen LogP contribution in [0, 0.1) is 0 Å². The lowest BCUT2D eigenvalue weighted by atomic mass is 9.97. The van der Waals surface area contributed by atoms with Crippen molar-refractivity contribution < 1.29 is 113 Å². The van der Waals surface area contributed by atoms with Crippen molar-refractivity contribution >= 4 is 23.0 Å². The van der Waals surface area contributed by atoms with Crippen LogP contribution in [0.1, 0.15) is 5.56 Å². The van der Waals surface area contributed by atoms with Gasteiger partial charge in [0.1, 0.15) is 102 Å². The minimum absolute atomic E-state index is 0.0258. The first-order valence-corrected chi connectivity index (χ1v) is 20.4. The Kier molecular flexibility index (Phi) is 15.2. The van der Waals surface area contributed by atoms with Crippen LogP contribution in [0.4, 0.5) is 0 Å². The molecule has 0 spiro atoms. The molecule has 3 aliphatic heterocycles. The summed E-state index contributed by atoms with van der Waals surface area (Å²) < 4.78 is 50.9. The Labute approximate surface area is 377 Å². The molecule has 4 heterocycles. The molecular formula is C43H48O24. The first kappa shape index (κ1) is 49.2. The van der Waals surface area contributed by atoms with Gasteiger partial charge < -0.3 is 109 Å². The van der Waals surface area contributed by atoms with Crippen molar-refractivity contribution in [1.82, 2.24) is 0 Å². The standard InChI is InChI=1S/C43H48O24/c1-59-22-10-16(2-8-20(22)47)3-9-27(49)60-15-26-31(52)35(56)40(67-42-37(58)34(55)30(51)25(14-45)64-42)43(65-26)66-39-32(53)28-21(48)11-19(61-41-36(57)33(54)29(50)24(13-44)63-41)12-23(28)62-38(39)17-4-6-18(46)7-5-17/h2-12,24-26,29-31,33-37,40-48,50-52,54-58H,13-15H2,1H3. The van der Waals surface area contributed by atoms with Crippen LogP contribution >= 0.6 is 0 Å². The number of aliphatic hydroxyl groups excluding tert-OH is 10. The zero-order valence-corrected chi connectivity index (χ0v) is 34.9. The van der Waals surface area contributed by atoms with Gasteiger partial charge in [-0.3, -0.25) is 4.79 Å². The molecule has 0 bridgehead atoms. The number of aromatic hydroxyl groups is 3. The first-order chi connectivity index (χ1) is 31.9. The third kappa shape index (κ3) is 10.3. The van der Waals surface area contributed by atoms with Gasteiger partial charge in [0.25, 0.3) is 0 Å². The number of methoxy groups -OCH3 is 1. The number of rotatable bonds is 14. The molecule has 24 nitrogen and oxygen atoms in total. The van der Waals surface area contributed by atoms with Crippen molar-refractivity contribution in [1.29, 1.82) is 0 Å². The molecule has 1 aromatic heterocycles. The highest BCUT2D eigenvalue weighted by Crippen LogP contribution is 2.39. The summed E-state index contributed by atoms with van der Waals surface area (Å²) in [4.78, 5) is 27.4. The predicted octanol–water partition coefficient (Wildman–Crippen LogP) is -2.97. The van der Waals surface area contributed by atoms with Crippen molar-refractivity contribution in [3.05, 3.63) is 76.5 Å². The zero-order chi connectivity index (χ0) is 48.4. The molecule has 67 heavy (non-hydrogen) atoms. The second-order valence-electron chi connectivity index (χ2n) is 15.6. The van der Waals surface area contributed by atoms with Gasteiger partial charge in [0.2, 0.25) is 23.8 Å². The average Bonchev–Trinajstić information content (AvgIpc) is 3.31. The van der Waals surface area contributed by atoms with Crippen LogP contribution in [-0.2, 0) is 28.5 Å². The largest absolute Gasteiger partial charge is 0.508 e. The zero-order valence-electron chi connectivity index (χ0n) is 34.9. The molecule has 3 aromatic carbocycles. The van der Waals surface area contributed by atoms with Crippen molar-refractivity contribution in [2.45, 2.75) is 92.1 Å². The van der Waals surface area contributed by atoms with E-state index in [9.17, 15) is 76.0 Å². The van der Waals surface area contributed by atoms with Crippen LogP contribution in [0.2, 0.25) is 0 Å². The molecule has 0 saturated carbocycles. The normalized spacial score (nSPS) is 32.3. The summed E-state index contributed by atoms with van der Waals surface area (Å²) in [6.07, 6.45) is -25.5. The van der Waals surface area contributed by atoms with Crippen molar-refractivity contribution in [2.75, 3.05) is 26.9 Å². The third-order valence-electron chi connectivity index (χ3n) is 11.2. The molecule has 3 saturated heterocycles. The van der Waals surface area contributed by atoms with E-state index in [2.05, 4.69) is 0 Å². The summed E-state index contributed by atoms with van der Waals surface area (Å²) >= 11 is 0. The fourth-order valence-corrected chi connectivity index (χ4v) is 7.44. The number of aliphatic hydroxyl groups is 10. The summed E-state index contributed by atoms with van der Waals surface area (Å²) in [7, 11) is 1.33. The van der Waals surface area contributed by atoms with Gasteiger partial charge in [0, 0.05) is 23.8 Å². The van der Waals surface area contributed by atoms with E-state index in [0.717, 1.165) is 18.2 Å². The van der Waals surface area contributed by atoms with E-state index in [-0.39, 0.29) is 28.6 Å². The Bertz CT molecular complexity index is 2440. The Morgan fingerprint density at radius 3 is 1.93 bits per heavy atom. The van der Waals surface area contributed by atoms with Crippen LogP contribution < -0.4 is 19.6 Å². The summed E-state index contributed by atoms with van der Waals surface area (Å²) in [5.41, 5.74) is -1.11. The number of phenols is 3. The predicted molar refractivity (Wildman–Crippen MR) is 220 cm³/mol. The molecule has 15 atom stereocenters. The first-order valence-electron chi connectivity index (χ1n) is 20.4. The molecule has 13 N–H and O–H groups in total. The highest BCUT2D eigenvalue weighted by atomic mass is 16.8. The molecule has 3 aliphatic rings. The van der Waals surface area contributed by atoms with Gasteiger partial charge in [-0.2, -0.15) is 0 Å². The third-order valence-corrected chi connectivity index (χ3v) is 11.2. The highest BCUT2D eigenvalue weighted by molar-refractivity contribution is 5.88.